The summed E-state index contributed by atoms with van der Waals surface area (Å²) in [6.07, 6.45) is 5.39. The molecule has 0 radical (unpaired) electrons. The predicted octanol–water partition coefficient (Wildman–Crippen LogP) is 3.97. The Morgan fingerprint density at radius 1 is 0.750 bits per heavy atom. The molecule has 3 fully saturated rings. The van der Waals surface area contributed by atoms with Gasteiger partial charge in [0, 0.05) is 42.4 Å². The maximum absolute atomic E-state index is 13.9. The molecule has 6 unspecified atom stereocenters. The molecule has 2 heterocycles. The van der Waals surface area contributed by atoms with E-state index in [4.69, 9.17) is 21.8 Å². The first-order valence-corrected chi connectivity index (χ1v) is 15.7. The molecule has 0 bridgehead atoms. The van der Waals surface area contributed by atoms with Crippen molar-refractivity contribution in [3.8, 4) is 5.75 Å². The van der Waals surface area contributed by atoms with Crippen molar-refractivity contribution in [2.75, 3.05) is 13.1 Å². The van der Waals surface area contributed by atoms with Crippen LogP contribution in [0.15, 0.2) is 29.8 Å². The molecular formula is C32H37ClN2O9. The number of rotatable bonds is 13. The van der Waals surface area contributed by atoms with Gasteiger partial charge in [0.05, 0.1) is 23.7 Å². The second-order valence-electron chi connectivity index (χ2n) is 12.3. The number of unbranched alkanes of at least 4 members (excludes halogenated alkanes) is 4. The van der Waals surface area contributed by atoms with Gasteiger partial charge in [-0.15, -0.1) is 0 Å². The van der Waals surface area contributed by atoms with Gasteiger partial charge in [0.1, 0.15) is 5.75 Å². The van der Waals surface area contributed by atoms with Gasteiger partial charge in [-0.05, 0) is 62.6 Å². The summed E-state index contributed by atoms with van der Waals surface area (Å²) < 4.78 is 0. The number of aliphatic carboxylic acids is 2. The van der Waals surface area contributed by atoms with Crippen molar-refractivity contribution < 1.29 is 44.1 Å². The van der Waals surface area contributed by atoms with Crippen LogP contribution in [-0.2, 0) is 28.8 Å². The van der Waals surface area contributed by atoms with Crippen LogP contribution in [0.2, 0.25) is 5.02 Å². The zero-order valence-electron chi connectivity index (χ0n) is 24.3. The van der Waals surface area contributed by atoms with Crippen molar-refractivity contribution in [1.82, 2.24) is 9.80 Å². The smallest absolute Gasteiger partial charge is 0.303 e. The van der Waals surface area contributed by atoms with Crippen molar-refractivity contribution >= 4 is 47.2 Å². The topological polar surface area (TPSA) is 170 Å². The number of phenols is 1. The van der Waals surface area contributed by atoms with Gasteiger partial charge in [-0.2, -0.15) is 0 Å². The number of aromatic hydroxyl groups is 1. The molecule has 12 heteroatoms. The highest BCUT2D eigenvalue weighted by Crippen LogP contribution is 2.59. The number of carboxylic acid groups (broad SMARTS) is 2. The summed E-state index contributed by atoms with van der Waals surface area (Å²) >= 11 is 6.33. The minimum absolute atomic E-state index is 0.00769. The zero-order chi connectivity index (χ0) is 31.7. The summed E-state index contributed by atoms with van der Waals surface area (Å²) in [4.78, 5) is 79.1. The summed E-state index contributed by atoms with van der Waals surface area (Å²) in [5.74, 6) is -7.19. The molecule has 2 aliphatic carbocycles. The molecule has 0 aromatic heterocycles. The molecule has 2 saturated heterocycles. The lowest BCUT2D eigenvalue weighted by Crippen LogP contribution is -2.43. The molecule has 1 saturated carbocycles. The maximum Gasteiger partial charge on any atom is 0.303 e. The van der Waals surface area contributed by atoms with E-state index in [1.165, 1.54) is 21.9 Å². The van der Waals surface area contributed by atoms with Crippen molar-refractivity contribution in [2.24, 2.45) is 29.6 Å². The van der Waals surface area contributed by atoms with Gasteiger partial charge in [-0.25, -0.2) is 0 Å². The fourth-order valence-corrected chi connectivity index (χ4v) is 7.91. The zero-order valence-corrected chi connectivity index (χ0v) is 25.1. The van der Waals surface area contributed by atoms with Gasteiger partial charge in [0.2, 0.25) is 23.6 Å². The van der Waals surface area contributed by atoms with Gasteiger partial charge in [0.15, 0.2) is 0 Å². The molecule has 4 amide bonds. The number of phenolic OH excluding ortho intramolecular Hbond substituents is 1. The molecule has 5 rings (SSSR count). The molecule has 1 aromatic carbocycles. The number of likely N-dealkylation sites (tertiary alicyclic amines) is 2. The largest absolute Gasteiger partial charge is 0.508 e. The van der Waals surface area contributed by atoms with Crippen LogP contribution in [0.4, 0.5) is 0 Å². The van der Waals surface area contributed by atoms with E-state index in [1.807, 2.05) is 6.08 Å². The Kier molecular flexibility index (Phi) is 9.43. The van der Waals surface area contributed by atoms with E-state index in [9.17, 15) is 33.9 Å². The Morgan fingerprint density at radius 3 is 1.91 bits per heavy atom. The number of allylic oxidation sites excluding steroid dienone is 2. The third-order valence-corrected chi connectivity index (χ3v) is 9.94. The number of halogens is 1. The van der Waals surface area contributed by atoms with Crippen molar-refractivity contribution in [1.29, 1.82) is 0 Å². The Labute approximate surface area is 259 Å². The second-order valence-corrected chi connectivity index (χ2v) is 12.7. The first-order chi connectivity index (χ1) is 21.0. The lowest BCUT2D eigenvalue weighted by molar-refractivity contribution is -0.142. The highest BCUT2D eigenvalue weighted by molar-refractivity contribution is 6.30. The Morgan fingerprint density at radius 2 is 1.32 bits per heavy atom. The van der Waals surface area contributed by atoms with Crippen LogP contribution < -0.4 is 0 Å². The van der Waals surface area contributed by atoms with Crippen LogP contribution in [0.5, 0.6) is 5.75 Å². The third kappa shape index (κ3) is 5.98. The number of carbonyl (C=O) groups excluding carboxylic acids is 4. The summed E-state index contributed by atoms with van der Waals surface area (Å²) in [7, 11) is 0. The number of hydrogen-bond acceptors (Lipinski definition) is 7. The van der Waals surface area contributed by atoms with Crippen molar-refractivity contribution in [3.63, 3.8) is 0 Å². The first-order valence-electron chi connectivity index (χ1n) is 15.3. The van der Waals surface area contributed by atoms with Gasteiger partial charge in [-0.1, -0.05) is 36.1 Å². The van der Waals surface area contributed by atoms with E-state index < -0.39 is 47.4 Å². The number of nitrogens with zero attached hydrogens (tertiary/aromatic N) is 2. The highest BCUT2D eigenvalue weighted by atomic mass is 35.5. The third-order valence-electron chi connectivity index (χ3n) is 9.70. The van der Waals surface area contributed by atoms with Gasteiger partial charge in [0.25, 0.3) is 0 Å². The number of hydrogen-bond donors (Lipinski definition) is 3. The maximum atomic E-state index is 13.9. The molecule has 2 aliphatic heterocycles. The molecule has 44 heavy (non-hydrogen) atoms. The molecule has 236 valence electrons. The van der Waals surface area contributed by atoms with Crippen LogP contribution in [0.25, 0.3) is 0 Å². The molecule has 3 N–H and O–H groups in total. The lowest BCUT2D eigenvalue weighted by atomic mass is 9.57. The van der Waals surface area contributed by atoms with Crippen LogP contribution in [-0.4, -0.2) is 73.8 Å². The van der Waals surface area contributed by atoms with Gasteiger partial charge in [-0.3, -0.25) is 38.6 Å². The average molecular weight is 629 g/mol. The Balaban J connectivity index is 1.42. The molecule has 6 atom stereocenters. The average Bonchev–Trinajstić information content (AvgIpc) is 3.36. The summed E-state index contributed by atoms with van der Waals surface area (Å²) in [5.41, 5.74) is 1.16. The van der Waals surface area contributed by atoms with Crippen LogP contribution >= 0.6 is 11.6 Å². The van der Waals surface area contributed by atoms with E-state index in [-0.39, 0.29) is 61.7 Å². The molecule has 1 aromatic rings. The number of amides is 4. The summed E-state index contributed by atoms with van der Waals surface area (Å²) in [5, 5.41) is 29.1. The molecular weight excluding hydrogens is 592 g/mol. The molecule has 4 aliphatic rings. The van der Waals surface area contributed by atoms with Gasteiger partial charge < -0.3 is 15.3 Å². The minimum atomic E-state index is -0.903. The van der Waals surface area contributed by atoms with Crippen LogP contribution in [0.1, 0.15) is 75.7 Å². The number of fused-ring (bicyclic) bond motifs is 4. The SMILES string of the molecule is O=C(O)CCCCCN1C(=O)C2CC=C3C(CC4C(=O)N(CCCCCC(=O)O)C(=O)C4C3c3cc(Cl)ccc3O)C2C1=O. The Bertz CT molecular complexity index is 1410. The van der Waals surface area contributed by atoms with Gasteiger partial charge >= 0.3 is 11.9 Å². The number of imide groups is 2. The van der Waals surface area contributed by atoms with Crippen molar-refractivity contribution in [2.45, 2.75) is 70.1 Å². The van der Waals surface area contributed by atoms with E-state index in [1.54, 1.807) is 6.07 Å². The summed E-state index contributed by atoms with van der Waals surface area (Å²) in [6, 6.07) is 4.56. The number of carboxylic acids is 2. The van der Waals surface area contributed by atoms with E-state index in [0.717, 1.165) is 5.57 Å². The molecule has 11 nitrogen and oxygen atoms in total. The fourth-order valence-electron chi connectivity index (χ4n) is 7.73. The predicted molar refractivity (Wildman–Crippen MR) is 156 cm³/mol. The van der Waals surface area contributed by atoms with Crippen LogP contribution in [0, 0.1) is 29.6 Å². The van der Waals surface area contributed by atoms with Crippen LogP contribution in [0.3, 0.4) is 0 Å². The van der Waals surface area contributed by atoms with E-state index in [2.05, 4.69) is 0 Å². The standard InChI is InChI=1S/C32H37ClN2O9/c33-17-9-12-23(36)21(15-17)26-18-10-11-19-27(31(43)34(29(19)41)13-5-1-3-7-24(37)38)20(18)16-22-28(26)32(44)35(30(22)42)14-6-2-4-8-25(39)40/h9-10,12,15,19-20,22,26-28,36H,1-8,11,13-14,16H2,(H,37,38)(H,39,40). The summed E-state index contributed by atoms with van der Waals surface area (Å²) in [6.45, 7) is 0.353. The number of benzene rings is 1. The van der Waals surface area contributed by atoms with E-state index in [0.29, 0.717) is 55.5 Å². The first kappa shape index (κ1) is 31.7. The quantitative estimate of drug-likeness (QED) is 0.166. The second kappa shape index (κ2) is 13.1. The lowest BCUT2D eigenvalue weighted by Gasteiger charge is -2.44. The van der Waals surface area contributed by atoms with Crippen molar-refractivity contribution in [3.05, 3.63) is 40.4 Å². The normalized spacial score (nSPS) is 27.7. The fraction of sp³-hybridized carbons (Fsp3) is 0.562. The Hall–Kier alpha value is -3.73. The van der Waals surface area contributed by atoms with E-state index >= 15 is 0 Å². The molecule has 0 spiro atoms. The number of carbonyl (C=O) groups is 6. The minimum Gasteiger partial charge on any atom is -0.508 e. The monoisotopic (exact) mass is 628 g/mol. The highest BCUT2D eigenvalue weighted by Gasteiger charge is 2.62.